The van der Waals surface area contributed by atoms with Crippen LogP contribution in [0.15, 0.2) is 77.9 Å². The van der Waals surface area contributed by atoms with Crippen LogP contribution in [0.2, 0.25) is 5.02 Å². The zero-order chi connectivity index (χ0) is 21.5. The lowest BCUT2D eigenvalue weighted by molar-refractivity contribution is 0.101. The fourth-order valence-corrected chi connectivity index (χ4v) is 3.71. The van der Waals surface area contributed by atoms with Crippen LogP contribution in [0.25, 0.3) is 27.7 Å². The van der Waals surface area contributed by atoms with Gasteiger partial charge >= 0.3 is 0 Å². The molecular formula is C23H16ClN5O2. The van der Waals surface area contributed by atoms with Crippen molar-refractivity contribution >= 4 is 34.1 Å². The highest BCUT2D eigenvalue weighted by Crippen LogP contribution is 2.28. The molecule has 1 amide bonds. The van der Waals surface area contributed by atoms with Crippen LogP contribution in [0, 0.1) is 6.92 Å². The summed E-state index contributed by atoms with van der Waals surface area (Å²) in [7, 11) is 0. The highest BCUT2D eigenvalue weighted by Gasteiger charge is 2.16. The number of aromatic nitrogens is 4. The molecule has 2 aromatic carbocycles. The number of nitrogens with one attached hydrogen (secondary N) is 1. The molecule has 0 unspecified atom stereocenters. The van der Waals surface area contributed by atoms with Gasteiger partial charge in [-0.05, 0) is 42.8 Å². The molecule has 31 heavy (non-hydrogen) atoms. The van der Waals surface area contributed by atoms with Crippen LogP contribution in [-0.4, -0.2) is 25.2 Å². The van der Waals surface area contributed by atoms with Gasteiger partial charge in [0.25, 0.3) is 11.5 Å². The average molecular weight is 430 g/mol. The van der Waals surface area contributed by atoms with Crippen LogP contribution in [0.5, 0.6) is 0 Å². The maximum absolute atomic E-state index is 13.0. The maximum Gasteiger partial charge on any atom is 0.280 e. The summed E-state index contributed by atoms with van der Waals surface area (Å²) in [5.41, 5.74) is 6.59. The molecule has 3 heterocycles. The van der Waals surface area contributed by atoms with E-state index in [1.165, 1.54) is 12.4 Å². The normalized spacial score (nSPS) is 11.2. The number of hydrogen-bond acceptors (Lipinski definition) is 4. The van der Waals surface area contributed by atoms with Crippen LogP contribution in [0.1, 0.15) is 16.1 Å². The molecule has 0 aliphatic carbocycles. The molecular weight excluding hydrogens is 414 g/mol. The average Bonchev–Trinajstić information content (AvgIpc) is 3.12. The second-order valence-corrected chi connectivity index (χ2v) is 7.49. The molecule has 0 radical (unpaired) electrons. The predicted octanol–water partition coefficient (Wildman–Crippen LogP) is 4.06. The number of carbonyl (C=O) groups is 1. The van der Waals surface area contributed by atoms with E-state index in [9.17, 15) is 9.59 Å². The molecule has 0 atom stereocenters. The quantitative estimate of drug-likeness (QED) is 0.469. The number of amides is 1. The Balaban J connectivity index is 1.59. The van der Waals surface area contributed by atoms with E-state index in [1.807, 2.05) is 37.3 Å². The van der Waals surface area contributed by atoms with E-state index < -0.39 is 11.5 Å². The molecule has 0 bridgehead atoms. The van der Waals surface area contributed by atoms with E-state index in [1.54, 1.807) is 34.8 Å². The van der Waals surface area contributed by atoms with E-state index in [4.69, 9.17) is 11.6 Å². The number of rotatable bonds is 3. The second kappa shape index (κ2) is 7.37. The van der Waals surface area contributed by atoms with E-state index in [2.05, 4.69) is 15.5 Å². The summed E-state index contributed by atoms with van der Waals surface area (Å²) < 4.78 is 2.81. The number of hydrogen-bond donors (Lipinski definition) is 1. The summed E-state index contributed by atoms with van der Waals surface area (Å²) >= 11 is 5.86. The summed E-state index contributed by atoms with van der Waals surface area (Å²) in [4.78, 5) is 30.0. The number of benzene rings is 2. The summed E-state index contributed by atoms with van der Waals surface area (Å²) in [6, 6.07) is 18.0. The Morgan fingerprint density at radius 1 is 1.03 bits per heavy atom. The minimum absolute atomic E-state index is 0.341. The Morgan fingerprint density at radius 2 is 1.77 bits per heavy atom. The van der Waals surface area contributed by atoms with Crippen LogP contribution >= 0.6 is 11.6 Å². The first-order chi connectivity index (χ1) is 15.0. The molecule has 0 aliphatic rings. The Labute approximate surface area is 181 Å². The summed E-state index contributed by atoms with van der Waals surface area (Å²) in [5.74, 6) is -0.423. The van der Waals surface area contributed by atoms with E-state index in [0.29, 0.717) is 27.1 Å². The SMILES string of the molecule is Cc1nn2c(ncc3c(=O)n(NC(=O)c4ccc(Cl)cc4)ccc32)c1-c1ccccc1. The maximum atomic E-state index is 13.0. The van der Waals surface area contributed by atoms with Crippen molar-refractivity contribution in [3.63, 3.8) is 0 Å². The van der Waals surface area contributed by atoms with Crippen molar-refractivity contribution in [2.75, 3.05) is 5.43 Å². The molecule has 0 spiro atoms. The predicted molar refractivity (Wildman–Crippen MR) is 120 cm³/mol. The van der Waals surface area contributed by atoms with E-state index >= 15 is 0 Å². The van der Waals surface area contributed by atoms with Crippen molar-refractivity contribution in [1.82, 2.24) is 19.3 Å². The first kappa shape index (κ1) is 19.0. The highest BCUT2D eigenvalue weighted by molar-refractivity contribution is 6.30. The lowest BCUT2D eigenvalue weighted by atomic mass is 10.1. The van der Waals surface area contributed by atoms with Crippen molar-refractivity contribution in [2.24, 2.45) is 0 Å². The van der Waals surface area contributed by atoms with Crippen molar-refractivity contribution in [2.45, 2.75) is 6.92 Å². The summed E-state index contributed by atoms with van der Waals surface area (Å²) in [6.45, 7) is 1.91. The number of halogens is 1. The first-order valence-electron chi connectivity index (χ1n) is 9.55. The van der Waals surface area contributed by atoms with E-state index in [-0.39, 0.29) is 0 Å². The molecule has 0 saturated heterocycles. The number of aryl methyl sites for hydroxylation is 1. The molecule has 5 rings (SSSR count). The standard InChI is InChI=1S/C23H16ClN5O2/c1-14-20(15-5-3-2-4-6-15)21-25-13-18-19(29(21)26-14)11-12-28(23(18)31)27-22(30)16-7-9-17(24)10-8-16/h2-13H,1H3,(H,27,30). The molecule has 1 N–H and O–H groups in total. The number of nitrogens with zero attached hydrogens (tertiary/aromatic N) is 4. The minimum Gasteiger partial charge on any atom is -0.267 e. The number of pyridine rings is 1. The Hall–Kier alpha value is -3.97. The molecule has 0 saturated carbocycles. The fourth-order valence-electron chi connectivity index (χ4n) is 3.58. The summed E-state index contributed by atoms with van der Waals surface area (Å²) in [5, 5.41) is 5.48. The monoisotopic (exact) mass is 429 g/mol. The Morgan fingerprint density at radius 3 is 2.52 bits per heavy atom. The van der Waals surface area contributed by atoms with Gasteiger partial charge in [-0.15, -0.1) is 0 Å². The highest BCUT2D eigenvalue weighted by atomic mass is 35.5. The van der Waals surface area contributed by atoms with Gasteiger partial charge in [-0.2, -0.15) is 5.10 Å². The van der Waals surface area contributed by atoms with Gasteiger partial charge in [0.2, 0.25) is 0 Å². The zero-order valence-electron chi connectivity index (χ0n) is 16.4. The zero-order valence-corrected chi connectivity index (χ0v) is 17.2. The van der Waals surface area contributed by atoms with Gasteiger partial charge in [0.15, 0.2) is 5.65 Å². The van der Waals surface area contributed by atoms with Crippen molar-refractivity contribution in [1.29, 1.82) is 0 Å². The van der Waals surface area contributed by atoms with Gasteiger partial charge in [-0.3, -0.25) is 15.0 Å². The molecule has 7 nitrogen and oxygen atoms in total. The van der Waals surface area contributed by atoms with Crippen LogP contribution in [-0.2, 0) is 0 Å². The van der Waals surface area contributed by atoms with Gasteiger partial charge in [0.05, 0.1) is 16.6 Å². The Kier molecular flexibility index (Phi) is 4.52. The molecule has 3 aromatic heterocycles. The third-order valence-electron chi connectivity index (χ3n) is 5.08. The topological polar surface area (TPSA) is 81.3 Å². The summed E-state index contributed by atoms with van der Waals surface area (Å²) in [6.07, 6.45) is 3.03. The lowest BCUT2D eigenvalue weighted by Gasteiger charge is -2.10. The fraction of sp³-hybridized carbons (Fsp3) is 0.0435. The first-order valence-corrected chi connectivity index (χ1v) is 9.93. The molecule has 0 fully saturated rings. The van der Waals surface area contributed by atoms with Gasteiger partial charge in [-0.25, -0.2) is 14.2 Å². The van der Waals surface area contributed by atoms with Crippen LogP contribution in [0.3, 0.4) is 0 Å². The third kappa shape index (κ3) is 3.25. The molecule has 8 heteroatoms. The molecule has 5 aromatic rings. The van der Waals surface area contributed by atoms with Gasteiger partial charge in [0, 0.05) is 28.5 Å². The molecule has 0 aliphatic heterocycles. The van der Waals surface area contributed by atoms with Crippen molar-refractivity contribution in [3.8, 4) is 11.1 Å². The van der Waals surface area contributed by atoms with Gasteiger partial charge in [-0.1, -0.05) is 41.9 Å². The lowest BCUT2D eigenvalue weighted by Crippen LogP contribution is -2.32. The van der Waals surface area contributed by atoms with Crippen LogP contribution in [0.4, 0.5) is 0 Å². The molecule has 152 valence electrons. The number of fused-ring (bicyclic) bond motifs is 3. The van der Waals surface area contributed by atoms with Gasteiger partial charge in [0.1, 0.15) is 0 Å². The number of carbonyl (C=O) groups excluding carboxylic acids is 1. The van der Waals surface area contributed by atoms with Crippen molar-refractivity contribution in [3.05, 3.63) is 99.7 Å². The van der Waals surface area contributed by atoms with E-state index in [0.717, 1.165) is 21.5 Å². The van der Waals surface area contributed by atoms with Crippen molar-refractivity contribution < 1.29 is 4.79 Å². The largest absolute Gasteiger partial charge is 0.280 e. The minimum atomic E-state index is -0.423. The van der Waals surface area contributed by atoms with Crippen LogP contribution < -0.4 is 11.0 Å². The second-order valence-electron chi connectivity index (χ2n) is 7.06. The van der Waals surface area contributed by atoms with Gasteiger partial charge < -0.3 is 0 Å². The Bertz CT molecular complexity index is 1510. The third-order valence-corrected chi connectivity index (χ3v) is 5.33. The smallest absolute Gasteiger partial charge is 0.267 e.